The number of nitrogens with one attached hydrogen (secondary N) is 2. The maximum absolute atomic E-state index is 13.8. The number of hydrogen-bond acceptors (Lipinski definition) is 3. The van der Waals surface area contributed by atoms with Crippen molar-refractivity contribution >= 4 is 5.96 Å². The maximum atomic E-state index is 13.8. The standard InChI is InChI=1S/C23H32FN3O2/c1-5-28-11-12-29-16-20-8-6-7-19(13-20)15-26-23(25-4)27-18(3)21-10-9-17(2)22(24)14-21/h6-10,13-14,18H,5,11-12,15-16H2,1-4H3,(H2,25,26,27). The maximum Gasteiger partial charge on any atom is 0.191 e. The van der Waals surface area contributed by atoms with Crippen LogP contribution in [0.15, 0.2) is 47.5 Å². The molecule has 6 heteroatoms. The van der Waals surface area contributed by atoms with Gasteiger partial charge in [0.2, 0.25) is 0 Å². The lowest BCUT2D eigenvalue weighted by Crippen LogP contribution is -2.38. The van der Waals surface area contributed by atoms with E-state index in [2.05, 4.69) is 27.8 Å². The second-order valence-electron chi connectivity index (χ2n) is 6.87. The Bertz CT molecular complexity index is 795. The quantitative estimate of drug-likeness (QED) is 0.357. The van der Waals surface area contributed by atoms with Crippen LogP contribution in [0.5, 0.6) is 0 Å². The van der Waals surface area contributed by atoms with Crippen LogP contribution in [0.1, 0.15) is 42.1 Å². The molecule has 0 heterocycles. The van der Waals surface area contributed by atoms with Crippen LogP contribution in [0.4, 0.5) is 4.39 Å². The number of hydrogen-bond donors (Lipinski definition) is 2. The van der Waals surface area contributed by atoms with Gasteiger partial charge in [-0.3, -0.25) is 4.99 Å². The third kappa shape index (κ3) is 7.83. The first-order valence-corrected chi connectivity index (χ1v) is 10.00. The molecule has 1 atom stereocenters. The average molecular weight is 402 g/mol. The molecule has 1 unspecified atom stereocenters. The van der Waals surface area contributed by atoms with Gasteiger partial charge in [0.05, 0.1) is 25.9 Å². The topological polar surface area (TPSA) is 54.9 Å². The van der Waals surface area contributed by atoms with Gasteiger partial charge in [0.25, 0.3) is 0 Å². The van der Waals surface area contributed by atoms with Crippen LogP contribution in [0.3, 0.4) is 0 Å². The number of guanidine groups is 1. The summed E-state index contributed by atoms with van der Waals surface area (Å²) in [7, 11) is 1.72. The lowest BCUT2D eigenvalue weighted by molar-refractivity contribution is 0.0453. The predicted octanol–water partition coefficient (Wildman–Crippen LogP) is 4.11. The van der Waals surface area contributed by atoms with Crippen molar-refractivity contribution < 1.29 is 13.9 Å². The van der Waals surface area contributed by atoms with Gasteiger partial charge in [-0.25, -0.2) is 4.39 Å². The third-order valence-electron chi connectivity index (χ3n) is 4.57. The highest BCUT2D eigenvalue weighted by atomic mass is 19.1. The fourth-order valence-corrected chi connectivity index (χ4v) is 2.83. The van der Waals surface area contributed by atoms with Gasteiger partial charge in [0, 0.05) is 20.2 Å². The van der Waals surface area contributed by atoms with E-state index in [-0.39, 0.29) is 11.9 Å². The molecule has 0 saturated heterocycles. The van der Waals surface area contributed by atoms with E-state index < -0.39 is 0 Å². The van der Waals surface area contributed by atoms with E-state index in [1.165, 1.54) is 0 Å². The third-order valence-corrected chi connectivity index (χ3v) is 4.57. The molecule has 29 heavy (non-hydrogen) atoms. The van der Waals surface area contributed by atoms with Gasteiger partial charge < -0.3 is 20.1 Å². The molecule has 0 aliphatic carbocycles. The number of halogens is 1. The van der Waals surface area contributed by atoms with E-state index in [0.717, 1.165) is 16.7 Å². The highest BCUT2D eigenvalue weighted by Crippen LogP contribution is 2.16. The first-order chi connectivity index (χ1) is 14.0. The highest BCUT2D eigenvalue weighted by Gasteiger charge is 2.10. The van der Waals surface area contributed by atoms with E-state index in [1.54, 1.807) is 26.1 Å². The molecule has 2 N–H and O–H groups in total. The van der Waals surface area contributed by atoms with E-state index in [0.29, 0.717) is 44.5 Å². The van der Waals surface area contributed by atoms with Gasteiger partial charge in [-0.1, -0.05) is 36.4 Å². The summed E-state index contributed by atoms with van der Waals surface area (Å²) in [5.41, 5.74) is 3.77. The normalized spacial score (nSPS) is 12.7. The molecule has 0 aliphatic rings. The molecule has 0 aromatic heterocycles. The van der Waals surface area contributed by atoms with Crippen molar-refractivity contribution in [3.63, 3.8) is 0 Å². The number of nitrogens with zero attached hydrogens (tertiary/aromatic N) is 1. The second kappa shape index (κ2) is 12.2. The molecule has 0 aliphatic heterocycles. The Kier molecular flexibility index (Phi) is 9.60. The largest absolute Gasteiger partial charge is 0.379 e. The SMILES string of the molecule is CCOCCOCc1cccc(CNC(=NC)NC(C)c2ccc(C)c(F)c2)c1. The van der Waals surface area contributed by atoms with Crippen LogP contribution in [-0.2, 0) is 22.6 Å². The van der Waals surface area contributed by atoms with Crippen molar-refractivity contribution in [1.29, 1.82) is 0 Å². The van der Waals surface area contributed by atoms with E-state index in [4.69, 9.17) is 9.47 Å². The minimum atomic E-state index is -0.195. The lowest BCUT2D eigenvalue weighted by atomic mass is 10.1. The van der Waals surface area contributed by atoms with Gasteiger partial charge in [0.15, 0.2) is 5.96 Å². The molecule has 2 aromatic carbocycles. The molecule has 0 fully saturated rings. The van der Waals surface area contributed by atoms with E-state index in [9.17, 15) is 4.39 Å². The monoisotopic (exact) mass is 401 g/mol. The number of aryl methyl sites for hydroxylation is 1. The minimum absolute atomic E-state index is 0.0682. The molecule has 5 nitrogen and oxygen atoms in total. The van der Waals surface area contributed by atoms with Gasteiger partial charge in [-0.05, 0) is 49.1 Å². The molecule has 2 rings (SSSR count). The first-order valence-electron chi connectivity index (χ1n) is 10.00. The fraction of sp³-hybridized carbons (Fsp3) is 0.435. The Morgan fingerprint density at radius 2 is 1.86 bits per heavy atom. The van der Waals surface area contributed by atoms with Crippen molar-refractivity contribution in [1.82, 2.24) is 10.6 Å². The Morgan fingerprint density at radius 3 is 2.59 bits per heavy atom. The summed E-state index contributed by atoms with van der Waals surface area (Å²) in [6.07, 6.45) is 0. The summed E-state index contributed by atoms with van der Waals surface area (Å²) in [4.78, 5) is 4.27. The molecule has 0 amide bonds. The molecule has 0 spiro atoms. The molecule has 0 saturated carbocycles. The van der Waals surface area contributed by atoms with Crippen LogP contribution >= 0.6 is 0 Å². The fourth-order valence-electron chi connectivity index (χ4n) is 2.83. The molecule has 2 aromatic rings. The number of ether oxygens (including phenoxy) is 2. The Labute approximate surface area is 173 Å². The number of rotatable bonds is 10. The van der Waals surface area contributed by atoms with E-state index >= 15 is 0 Å². The molecule has 0 bridgehead atoms. The van der Waals surface area contributed by atoms with Gasteiger partial charge >= 0.3 is 0 Å². The summed E-state index contributed by atoms with van der Waals surface area (Å²) in [6, 6.07) is 13.5. The van der Waals surface area contributed by atoms with Crippen LogP contribution in [0.2, 0.25) is 0 Å². The van der Waals surface area contributed by atoms with Crippen molar-refractivity contribution in [2.24, 2.45) is 4.99 Å². The average Bonchev–Trinajstić information content (AvgIpc) is 2.73. The highest BCUT2D eigenvalue weighted by molar-refractivity contribution is 5.80. The zero-order valence-electron chi connectivity index (χ0n) is 17.8. The Balaban J connectivity index is 1.85. The van der Waals surface area contributed by atoms with Crippen molar-refractivity contribution in [3.05, 3.63) is 70.5 Å². The summed E-state index contributed by atoms with van der Waals surface area (Å²) in [5, 5.41) is 6.61. The first kappa shape index (κ1) is 22.8. The molecule has 0 radical (unpaired) electrons. The minimum Gasteiger partial charge on any atom is -0.379 e. The van der Waals surface area contributed by atoms with Crippen LogP contribution < -0.4 is 10.6 Å². The summed E-state index contributed by atoms with van der Waals surface area (Å²) in [6.45, 7) is 8.81. The van der Waals surface area contributed by atoms with Crippen molar-refractivity contribution in [2.45, 2.75) is 40.0 Å². The van der Waals surface area contributed by atoms with Crippen LogP contribution in [-0.4, -0.2) is 32.8 Å². The number of aliphatic imine (C=N–C) groups is 1. The summed E-state index contributed by atoms with van der Waals surface area (Å²) >= 11 is 0. The van der Waals surface area contributed by atoms with Crippen LogP contribution in [0.25, 0.3) is 0 Å². The number of benzene rings is 2. The van der Waals surface area contributed by atoms with Crippen molar-refractivity contribution in [3.8, 4) is 0 Å². The predicted molar refractivity (Wildman–Crippen MR) is 115 cm³/mol. The van der Waals surface area contributed by atoms with Gasteiger partial charge in [0.1, 0.15) is 5.82 Å². The van der Waals surface area contributed by atoms with Gasteiger partial charge in [-0.2, -0.15) is 0 Å². The molecular weight excluding hydrogens is 369 g/mol. The smallest absolute Gasteiger partial charge is 0.191 e. The van der Waals surface area contributed by atoms with Crippen molar-refractivity contribution in [2.75, 3.05) is 26.9 Å². The Morgan fingerprint density at radius 1 is 1.10 bits per heavy atom. The molecular formula is C23H32FN3O2. The lowest BCUT2D eigenvalue weighted by Gasteiger charge is -2.19. The molecule has 158 valence electrons. The summed E-state index contributed by atoms with van der Waals surface area (Å²) in [5.74, 6) is 0.469. The zero-order chi connectivity index (χ0) is 21.1. The Hall–Kier alpha value is -2.44. The second-order valence-corrected chi connectivity index (χ2v) is 6.87. The van der Waals surface area contributed by atoms with E-state index in [1.807, 2.05) is 32.0 Å². The van der Waals surface area contributed by atoms with Crippen LogP contribution in [0, 0.1) is 12.7 Å². The van der Waals surface area contributed by atoms with Gasteiger partial charge in [-0.15, -0.1) is 0 Å². The zero-order valence-corrected chi connectivity index (χ0v) is 17.8. The summed E-state index contributed by atoms with van der Waals surface area (Å²) < 4.78 is 24.7.